The summed E-state index contributed by atoms with van der Waals surface area (Å²) >= 11 is 0. The van der Waals surface area contributed by atoms with E-state index in [1.807, 2.05) is 0 Å². The second-order valence-corrected chi connectivity index (χ2v) is 8.10. The molecule has 0 aliphatic rings. The summed E-state index contributed by atoms with van der Waals surface area (Å²) in [5.74, 6) is 0. The molecule has 19 heavy (non-hydrogen) atoms. The summed E-state index contributed by atoms with van der Waals surface area (Å²) < 4.78 is 22.7. The average Bonchev–Trinajstić information content (AvgIpc) is 2.26. The molecule has 0 saturated heterocycles. The lowest BCUT2D eigenvalue weighted by Crippen LogP contribution is -2.29. The Morgan fingerprint density at radius 2 is 1.74 bits per heavy atom. The zero-order chi connectivity index (χ0) is 14.7. The Bertz CT molecular complexity index is 500. The molecule has 0 fully saturated rings. The lowest BCUT2D eigenvalue weighted by molar-refractivity contribution is 0.234. The van der Waals surface area contributed by atoms with Crippen molar-refractivity contribution < 1.29 is 13.5 Å². The number of hydrogen-bond acceptors (Lipinski definition) is 4. The van der Waals surface area contributed by atoms with Crippen molar-refractivity contribution in [1.29, 1.82) is 0 Å². The van der Waals surface area contributed by atoms with Gasteiger partial charge in [0.25, 0.3) is 0 Å². The first-order chi connectivity index (χ1) is 8.62. The first-order valence-electron chi connectivity index (χ1n) is 6.29. The molecule has 0 spiro atoms. The molecule has 1 aromatic carbocycles. The van der Waals surface area contributed by atoms with Gasteiger partial charge in [-0.1, -0.05) is 20.8 Å². The van der Waals surface area contributed by atoms with Crippen molar-refractivity contribution in [3.8, 4) is 0 Å². The van der Waals surface area contributed by atoms with Gasteiger partial charge in [0, 0.05) is 18.0 Å². The SMILES string of the molecule is CC(C)(C)CC(CO)Nc1ccc(S(C)(=O)=O)cc1. The van der Waals surface area contributed by atoms with Gasteiger partial charge >= 0.3 is 0 Å². The number of sulfone groups is 1. The van der Waals surface area contributed by atoms with Crippen LogP contribution in [0.15, 0.2) is 29.2 Å². The van der Waals surface area contributed by atoms with Gasteiger partial charge in [-0.25, -0.2) is 8.42 Å². The molecule has 0 aliphatic heterocycles. The summed E-state index contributed by atoms with van der Waals surface area (Å²) in [7, 11) is -3.16. The third-order valence-corrected chi connectivity index (χ3v) is 3.86. The fraction of sp³-hybridized carbons (Fsp3) is 0.571. The van der Waals surface area contributed by atoms with Crippen LogP contribution in [0.5, 0.6) is 0 Å². The third kappa shape index (κ3) is 5.61. The van der Waals surface area contributed by atoms with Crippen LogP contribution in [-0.2, 0) is 9.84 Å². The Morgan fingerprint density at radius 1 is 1.21 bits per heavy atom. The van der Waals surface area contributed by atoms with E-state index >= 15 is 0 Å². The van der Waals surface area contributed by atoms with Crippen LogP contribution in [0.4, 0.5) is 5.69 Å². The summed E-state index contributed by atoms with van der Waals surface area (Å²) in [6.45, 7) is 6.39. The number of rotatable bonds is 5. The third-order valence-electron chi connectivity index (χ3n) is 2.73. The highest BCUT2D eigenvalue weighted by Gasteiger charge is 2.18. The van der Waals surface area contributed by atoms with Gasteiger partial charge in [-0.3, -0.25) is 0 Å². The topological polar surface area (TPSA) is 66.4 Å². The highest BCUT2D eigenvalue weighted by atomic mass is 32.2. The number of hydrogen-bond donors (Lipinski definition) is 2. The van der Waals surface area contributed by atoms with Crippen molar-refractivity contribution in [3.05, 3.63) is 24.3 Å². The Balaban J connectivity index is 2.77. The monoisotopic (exact) mass is 285 g/mol. The maximum absolute atomic E-state index is 11.3. The molecule has 0 bridgehead atoms. The van der Waals surface area contributed by atoms with Crippen LogP contribution in [0.3, 0.4) is 0 Å². The minimum Gasteiger partial charge on any atom is -0.394 e. The molecule has 0 radical (unpaired) electrons. The lowest BCUT2D eigenvalue weighted by Gasteiger charge is -2.26. The Hall–Kier alpha value is -1.07. The van der Waals surface area contributed by atoms with Crippen LogP contribution in [0.2, 0.25) is 0 Å². The smallest absolute Gasteiger partial charge is 0.175 e. The molecule has 1 rings (SSSR count). The van der Waals surface area contributed by atoms with Gasteiger partial charge < -0.3 is 10.4 Å². The van der Waals surface area contributed by atoms with Crippen molar-refractivity contribution in [2.75, 3.05) is 18.2 Å². The number of aliphatic hydroxyl groups is 1. The first-order valence-corrected chi connectivity index (χ1v) is 8.18. The quantitative estimate of drug-likeness (QED) is 0.871. The fourth-order valence-corrected chi connectivity index (χ4v) is 2.56. The second-order valence-electron chi connectivity index (χ2n) is 6.09. The van der Waals surface area contributed by atoms with Crippen LogP contribution in [0.25, 0.3) is 0 Å². The predicted molar refractivity (Wildman–Crippen MR) is 78.1 cm³/mol. The first kappa shape index (κ1) is 16.0. The van der Waals surface area contributed by atoms with Crippen molar-refractivity contribution in [1.82, 2.24) is 0 Å². The molecule has 1 aromatic rings. The largest absolute Gasteiger partial charge is 0.394 e. The fourth-order valence-electron chi connectivity index (χ4n) is 1.93. The zero-order valence-corrected chi connectivity index (χ0v) is 12.8. The molecule has 0 aliphatic carbocycles. The molecule has 0 amide bonds. The Labute approximate surface area is 115 Å². The van der Waals surface area contributed by atoms with Gasteiger partial charge in [0.2, 0.25) is 0 Å². The van der Waals surface area contributed by atoms with Crippen molar-refractivity contribution in [3.63, 3.8) is 0 Å². The molecule has 0 heterocycles. The van der Waals surface area contributed by atoms with E-state index in [4.69, 9.17) is 0 Å². The average molecular weight is 285 g/mol. The summed E-state index contributed by atoms with van der Waals surface area (Å²) in [5, 5.41) is 12.6. The summed E-state index contributed by atoms with van der Waals surface area (Å²) in [6, 6.07) is 6.56. The van der Waals surface area contributed by atoms with E-state index < -0.39 is 9.84 Å². The van der Waals surface area contributed by atoms with Gasteiger partial charge in [0.1, 0.15) is 0 Å². The van der Waals surface area contributed by atoms with E-state index in [-0.39, 0.29) is 18.1 Å². The van der Waals surface area contributed by atoms with Gasteiger partial charge in [0.05, 0.1) is 11.5 Å². The molecule has 0 saturated carbocycles. The number of benzene rings is 1. The van der Waals surface area contributed by atoms with E-state index in [2.05, 4.69) is 26.1 Å². The molecular weight excluding hydrogens is 262 g/mol. The summed E-state index contributed by atoms with van der Waals surface area (Å²) in [4.78, 5) is 0.300. The second kappa shape index (κ2) is 5.92. The maximum atomic E-state index is 11.3. The molecule has 2 N–H and O–H groups in total. The minimum absolute atomic E-state index is 0.0379. The standard InChI is InChI=1S/C14H23NO3S/c1-14(2,3)9-12(10-16)15-11-5-7-13(8-6-11)19(4,17)18/h5-8,12,15-16H,9-10H2,1-4H3. The van der Waals surface area contributed by atoms with E-state index in [0.29, 0.717) is 4.90 Å². The summed E-state index contributed by atoms with van der Waals surface area (Å²) in [6.07, 6.45) is 2.02. The van der Waals surface area contributed by atoms with E-state index in [1.54, 1.807) is 24.3 Å². The van der Waals surface area contributed by atoms with E-state index in [0.717, 1.165) is 12.1 Å². The molecule has 108 valence electrons. The van der Waals surface area contributed by atoms with E-state index in [9.17, 15) is 13.5 Å². The maximum Gasteiger partial charge on any atom is 0.175 e. The number of anilines is 1. The lowest BCUT2D eigenvalue weighted by atomic mass is 9.88. The zero-order valence-electron chi connectivity index (χ0n) is 12.0. The minimum atomic E-state index is -3.16. The van der Waals surface area contributed by atoms with Crippen LogP contribution in [0.1, 0.15) is 27.2 Å². The van der Waals surface area contributed by atoms with Crippen molar-refractivity contribution >= 4 is 15.5 Å². The summed E-state index contributed by atoms with van der Waals surface area (Å²) in [5.41, 5.74) is 0.934. The van der Waals surface area contributed by atoms with Crippen LogP contribution < -0.4 is 5.32 Å². The molecule has 1 unspecified atom stereocenters. The Morgan fingerprint density at radius 3 is 2.11 bits per heavy atom. The number of nitrogens with one attached hydrogen (secondary N) is 1. The van der Waals surface area contributed by atoms with Gasteiger partial charge in [0.15, 0.2) is 9.84 Å². The molecule has 1 atom stereocenters. The highest BCUT2D eigenvalue weighted by Crippen LogP contribution is 2.23. The van der Waals surface area contributed by atoms with Gasteiger partial charge in [-0.15, -0.1) is 0 Å². The van der Waals surface area contributed by atoms with Crippen LogP contribution >= 0.6 is 0 Å². The number of aliphatic hydroxyl groups excluding tert-OH is 1. The molecule has 5 heteroatoms. The normalized spacial score (nSPS) is 14.2. The molecule has 4 nitrogen and oxygen atoms in total. The predicted octanol–water partition coefficient (Wildman–Crippen LogP) is 2.30. The van der Waals surface area contributed by atoms with Crippen molar-refractivity contribution in [2.45, 2.75) is 38.1 Å². The van der Waals surface area contributed by atoms with Gasteiger partial charge in [-0.2, -0.15) is 0 Å². The van der Waals surface area contributed by atoms with Crippen molar-refractivity contribution in [2.24, 2.45) is 5.41 Å². The van der Waals surface area contributed by atoms with E-state index in [1.165, 1.54) is 6.26 Å². The van der Waals surface area contributed by atoms with Crippen LogP contribution in [-0.4, -0.2) is 32.4 Å². The van der Waals surface area contributed by atoms with Gasteiger partial charge in [-0.05, 0) is 36.1 Å². The molecule has 0 aromatic heterocycles. The van der Waals surface area contributed by atoms with Crippen LogP contribution in [0, 0.1) is 5.41 Å². The Kier molecular flexibility index (Phi) is 4.98. The molecular formula is C14H23NO3S. The highest BCUT2D eigenvalue weighted by molar-refractivity contribution is 7.90.